The molecule has 1 radical (unpaired) electrons. The van der Waals surface area contributed by atoms with Gasteiger partial charge in [-0.2, -0.15) is 0 Å². The summed E-state index contributed by atoms with van der Waals surface area (Å²) < 4.78 is 5.14. The molecule has 0 bridgehead atoms. The first-order valence-electron chi connectivity index (χ1n) is 8.69. The molecular weight excluding hydrogens is 312 g/mol. The Morgan fingerprint density at radius 1 is 1.28 bits per heavy atom. The normalized spacial score (nSPS) is 13.3. The summed E-state index contributed by atoms with van der Waals surface area (Å²) in [6, 6.07) is 16.4. The van der Waals surface area contributed by atoms with Crippen molar-refractivity contribution in [2.24, 2.45) is 11.7 Å². The molecule has 2 aromatic rings. The molecule has 2 aromatic carbocycles. The predicted octanol–water partition coefficient (Wildman–Crippen LogP) is 3.40. The third-order valence-corrected chi connectivity index (χ3v) is 4.56. The second-order valence-electron chi connectivity index (χ2n) is 6.36. The zero-order valence-corrected chi connectivity index (χ0v) is 15.2. The van der Waals surface area contributed by atoms with Crippen LogP contribution in [0.15, 0.2) is 42.5 Å². The van der Waals surface area contributed by atoms with E-state index in [1.165, 1.54) is 0 Å². The summed E-state index contributed by atoms with van der Waals surface area (Å²) in [6.45, 7) is 5.24. The molecule has 0 aromatic heterocycles. The first kappa shape index (κ1) is 19.2. The molecule has 0 unspecified atom stereocenters. The fraction of sp³-hybridized carbons (Fsp3) is 0.381. The Morgan fingerprint density at radius 2 is 2.00 bits per heavy atom. The highest BCUT2D eigenvalue weighted by atomic mass is 16.5. The predicted molar refractivity (Wildman–Crippen MR) is 101 cm³/mol. The molecule has 133 valence electrons. The number of carbonyl (C=O) groups is 1. The summed E-state index contributed by atoms with van der Waals surface area (Å²) in [6.07, 6.45) is 0.995. The van der Waals surface area contributed by atoms with E-state index in [2.05, 4.69) is 25.2 Å². The fourth-order valence-electron chi connectivity index (χ4n) is 2.63. The van der Waals surface area contributed by atoms with Crippen LogP contribution in [0, 0.1) is 12.0 Å². The van der Waals surface area contributed by atoms with E-state index in [4.69, 9.17) is 10.5 Å². The third kappa shape index (κ3) is 5.15. The van der Waals surface area contributed by atoms with Crippen molar-refractivity contribution < 1.29 is 9.53 Å². The minimum absolute atomic E-state index is 0.0431. The number of amides is 1. The third-order valence-electron chi connectivity index (χ3n) is 4.56. The monoisotopic (exact) mass is 339 g/mol. The Bertz CT molecular complexity index is 683. The molecule has 2 rings (SSSR count). The van der Waals surface area contributed by atoms with Crippen LogP contribution in [0.2, 0.25) is 0 Å². The number of nitrogens with one attached hydrogen (secondary N) is 1. The molecule has 0 saturated heterocycles. The lowest BCUT2D eigenvalue weighted by Gasteiger charge is -2.19. The van der Waals surface area contributed by atoms with Crippen molar-refractivity contribution >= 4 is 5.91 Å². The number of methoxy groups -OCH3 is 1. The van der Waals surface area contributed by atoms with Crippen molar-refractivity contribution in [3.05, 3.63) is 59.7 Å². The summed E-state index contributed by atoms with van der Waals surface area (Å²) in [5.41, 5.74) is 9.70. The highest BCUT2D eigenvalue weighted by Gasteiger charge is 2.15. The van der Waals surface area contributed by atoms with Gasteiger partial charge >= 0.3 is 0 Å². The standard InChI is InChI=1S/C21H27N2O2/c1-4-15(2)20(22)13-23-21(24)19-8-6-5-7-18(19)17-11-9-16(10-12-17)14-25-3/h5,7-12,15,20H,4,13-14,22H2,1-3H3,(H,23,24)/t15-,20+/m0/s1. The molecule has 0 spiro atoms. The van der Waals surface area contributed by atoms with Crippen molar-refractivity contribution in [2.45, 2.75) is 32.9 Å². The van der Waals surface area contributed by atoms with Crippen LogP contribution < -0.4 is 11.1 Å². The van der Waals surface area contributed by atoms with Gasteiger partial charge in [-0.05, 0) is 34.7 Å². The molecule has 0 saturated carbocycles. The van der Waals surface area contributed by atoms with Gasteiger partial charge in [0.05, 0.1) is 6.61 Å². The number of nitrogens with two attached hydrogens (primary N) is 1. The van der Waals surface area contributed by atoms with Gasteiger partial charge in [0.2, 0.25) is 0 Å². The SMILES string of the molecule is CC[C@H](C)[C@H](N)CNC(=O)c1c[c]ccc1-c1ccc(COC)cc1. The van der Waals surface area contributed by atoms with Crippen molar-refractivity contribution in [2.75, 3.05) is 13.7 Å². The van der Waals surface area contributed by atoms with Gasteiger partial charge in [-0.1, -0.05) is 56.7 Å². The number of ether oxygens (including phenoxy) is 1. The highest BCUT2D eigenvalue weighted by Crippen LogP contribution is 2.24. The molecule has 0 aliphatic carbocycles. The highest BCUT2D eigenvalue weighted by molar-refractivity contribution is 6.00. The lowest BCUT2D eigenvalue weighted by molar-refractivity contribution is 0.0949. The molecule has 0 heterocycles. The molecule has 0 aliphatic rings. The van der Waals surface area contributed by atoms with E-state index in [0.717, 1.165) is 23.1 Å². The second-order valence-corrected chi connectivity index (χ2v) is 6.36. The number of hydrogen-bond acceptors (Lipinski definition) is 3. The van der Waals surface area contributed by atoms with E-state index in [9.17, 15) is 4.79 Å². The summed E-state index contributed by atoms with van der Waals surface area (Å²) in [4.78, 5) is 12.6. The largest absolute Gasteiger partial charge is 0.380 e. The molecule has 0 aliphatic heterocycles. The van der Waals surface area contributed by atoms with Crippen molar-refractivity contribution in [1.29, 1.82) is 0 Å². The van der Waals surface area contributed by atoms with Crippen LogP contribution in [-0.2, 0) is 11.3 Å². The Morgan fingerprint density at radius 3 is 2.64 bits per heavy atom. The smallest absolute Gasteiger partial charge is 0.251 e. The topological polar surface area (TPSA) is 64.3 Å². The zero-order chi connectivity index (χ0) is 18.2. The number of hydrogen-bond donors (Lipinski definition) is 2. The van der Waals surface area contributed by atoms with E-state index >= 15 is 0 Å². The van der Waals surface area contributed by atoms with Crippen LogP contribution >= 0.6 is 0 Å². The number of carbonyl (C=O) groups excluding carboxylic acids is 1. The molecule has 4 nitrogen and oxygen atoms in total. The van der Waals surface area contributed by atoms with Crippen molar-refractivity contribution in [1.82, 2.24) is 5.32 Å². The molecule has 4 heteroatoms. The molecular formula is C21H27N2O2. The van der Waals surface area contributed by atoms with Gasteiger partial charge in [-0.15, -0.1) is 0 Å². The molecule has 2 atom stereocenters. The van der Waals surface area contributed by atoms with E-state index in [0.29, 0.717) is 24.6 Å². The van der Waals surface area contributed by atoms with E-state index < -0.39 is 0 Å². The molecule has 0 fully saturated rings. The van der Waals surface area contributed by atoms with Crippen LogP contribution in [0.5, 0.6) is 0 Å². The summed E-state index contributed by atoms with van der Waals surface area (Å²) in [7, 11) is 1.67. The van der Waals surface area contributed by atoms with E-state index in [1.54, 1.807) is 13.2 Å². The quantitative estimate of drug-likeness (QED) is 0.775. The van der Waals surface area contributed by atoms with E-state index in [-0.39, 0.29) is 11.9 Å². The van der Waals surface area contributed by atoms with Gasteiger partial charge in [-0.3, -0.25) is 4.79 Å². The van der Waals surface area contributed by atoms with Gasteiger partial charge in [-0.25, -0.2) is 0 Å². The van der Waals surface area contributed by atoms with Crippen LogP contribution in [0.4, 0.5) is 0 Å². The Balaban J connectivity index is 2.15. The first-order chi connectivity index (χ1) is 12.1. The Kier molecular flexibility index (Phi) is 7.16. The molecule has 3 N–H and O–H groups in total. The maximum absolute atomic E-state index is 12.6. The van der Waals surface area contributed by atoms with Crippen LogP contribution in [0.3, 0.4) is 0 Å². The van der Waals surface area contributed by atoms with Crippen LogP contribution in [0.1, 0.15) is 36.2 Å². The van der Waals surface area contributed by atoms with Crippen LogP contribution in [0.25, 0.3) is 11.1 Å². The van der Waals surface area contributed by atoms with Gasteiger partial charge in [0.15, 0.2) is 0 Å². The average molecular weight is 339 g/mol. The molecule has 25 heavy (non-hydrogen) atoms. The minimum Gasteiger partial charge on any atom is -0.380 e. The van der Waals surface area contributed by atoms with Gasteiger partial charge in [0, 0.05) is 25.3 Å². The Hall–Kier alpha value is -2.17. The lowest BCUT2D eigenvalue weighted by atomic mass is 9.97. The Labute approximate surface area is 150 Å². The minimum atomic E-state index is -0.119. The molecule has 1 amide bonds. The first-order valence-corrected chi connectivity index (χ1v) is 8.69. The summed E-state index contributed by atoms with van der Waals surface area (Å²) >= 11 is 0. The summed E-state index contributed by atoms with van der Waals surface area (Å²) in [5.74, 6) is 0.252. The maximum atomic E-state index is 12.6. The summed E-state index contributed by atoms with van der Waals surface area (Å²) in [5, 5.41) is 2.95. The fourth-order valence-corrected chi connectivity index (χ4v) is 2.63. The van der Waals surface area contributed by atoms with Crippen molar-refractivity contribution in [3.63, 3.8) is 0 Å². The van der Waals surface area contributed by atoms with E-state index in [1.807, 2.05) is 36.4 Å². The number of rotatable bonds is 8. The zero-order valence-electron chi connectivity index (χ0n) is 15.2. The maximum Gasteiger partial charge on any atom is 0.251 e. The average Bonchev–Trinajstić information content (AvgIpc) is 2.66. The number of benzene rings is 2. The van der Waals surface area contributed by atoms with Gasteiger partial charge < -0.3 is 15.8 Å². The second kappa shape index (κ2) is 9.35. The van der Waals surface area contributed by atoms with Crippen LogP contribution in [-0.4, -0.2) is 25.6 Å². The lowest BCUT2D eigenvalue weighted by Crippen LogP contribution is -2.41. The van der Waals surface area contributed by atoms with Gasteiger partial charge in [0.1, 0.15) is 0 Å². The van der Waals surface area contributed by atoms with Gasteiger partial charge in [0.25, 0.3) is 5.91 Å². The van der Waals surface area contributed by atoms with Crippen molar-refractivity contribution in [3.8, 4) is 11.1 Å².